The Morgan fingerprint density at radius 2 is 1.75 bits per heavy atom. The van der Waals surface area contributed by atoms with Crippen molar-refractivity contribution in [3.05, 3.63) is 66.0 Å². The Bertz CT molecular complexity index is 814. The molecule has 122 valence electrons. The van der Waals surface area contributed by atoms with Gasteiger partial charge in [-0.15, -0.1) is 0 Å². The van der Waals surface area contributed by atoms with Crippen LogP contribution in [0.3, 0.4) is 0 Å². The molecule has 1 aromatic heterocycles. The number of rotatable bonds is 4. The number of hydrogen-bond acceptors (Lipinski definition) is 2. The van der Waals surface area contributed by atoms with E-state index in [2.05, 4.69) is 27.4 Å². The van der Waals surface area contributed by atoms with Crippen LogP contribution in [0.5, 0.6) is 0 Å². The molecule has 0 spiro atoms. The number of aromatic nitrogens is 2. The molecule has 2 aromatic carbocycles. The molecule has 24 heavy (non-hydrogen) atoms. The van der Waals surface area contributed by atoms with Gasteiger partial charge >= 0.3 is 0 Å². The van der Waals surface area contributed by atoms with Gasteiger partial charge in [0.05, 0.1) is 23.0 Å². The molecule has 1 saturated carbocycles. The smallest absolute Gasteiger partial charge is 0.231 e. The normalized spacial score (nSPS) is 16.3. The van der Waals surface area contributed by atoms with Gasteiger partial charge in [0.15, 0.2) is 0 Å². The topological polar surface area (TPSA) is 57.8 Å². The maximum absolute atomic E-state index is 13.0. The first-order valence-electron chi connectivity index (χ1n) is 8.55. The number of nitrogens with zero attached hydrogens (tertiary/aromatic N) is 1. The molecule has 1 aliphatic rings. The number of amides is 1. The highest BCUT2D eigenvalue weighted by Crippen LogP contribution is 2.41. The number of carbonyl (C=O) groups excluding carboxylic acids is 1. The Hall–Kier alpha value is -2.62. The summed E-state index contributed by atoms with van der Waals surface area (Å²) in [4.78, 5) is 20.8. The molecule has 0 saturated heterocycles. The van der Waals surface area contributed by atoms with Gasteiger partial charge in [0.25, 0.3) is 0 Å². The molecule has 0 unspecified atom stereocenters. The molecule has 4 heteroatoms. The molecule has 1 aliphatic carbocycles. The lowest BCUT2D eigenvalue weighted by molar-refractivity contribution is -0.126. The van der Waals surface area contributed by atoms with E-state index in [0.29, 0.717) is 6.54 Å². The number of aromatic amines is 1. The fourth-order valence-corrected chi connectivity index (χ4v) is 3.81. The van der Waals surface area contributed by atoms with Gasteiger partial charge in [-0.3, -0.25) is 4.79 Å². The molecular formula is C20H21N3O. The van der Waals surface area contributed by atoms with Gasteiger partial charge in [0, 0.05) is 0 Å². The van der Waals surface area contributed by atoms with Crippen molar-refractivity contribution in [1.82, 2.24) is 15.3 Å². The molecular weight excluding hydrogens is 298 g/mol. The zero-order valence-electron chi connectivity index (χ0n) is 13.6. The second-order valence-electron chi connectivity index (χ2n) is 6.54. The van der Waals surface area contributed by atoms with E-state index in [1.165, 1.54) is 0 Å². The van der Waals surface area contributed by atoms with Crippen LogP contribution in [0.1, 0.15) is 37.1 Å². The predicted molar refractivity (Wildman–Crippen MR) is 94.5 cm³/mol. The summed E-state index contributed by atoms with van der Waals surface area (Å²) in [6.07, 6.45) is 4.05. The molecule has 0 bridgehead atoms. The Morgan fingerprint density at radius 3 is 2.50 bits per heavy atom. The fourth-order valence-electron chi connectivity index (χ4n) is 3.81. The highest BCUT2D eigenvalue weighted by Gasteiger charge is 2.42. The zero-order chi connectivity index (χ0) is 16.4. The summed E-state index contributed by atoms with van der Waals surface area (Å²) in [6, 6.07) is 18.1. The molecule has 0 aliphatic heterocycles. The number of hydrogen-bond donors (Lipinski definition) is 2. The molecule has 4 nitrogen and oxygen atoms in total. The van der Waals surface area contributed by atoms with Crippen molar-refractivity contribution >= 4 is 16.9 Å². The van der Waals surface area contributed by atoms with Crippen molar-refractivity contribution in [2.24, 2.45) is 0 Å². The molecule has 3 aromatic rings. The number of fused-ring (bicyclic) bond motifs is 1. The molecule has 1 heterocycles. The van der Waals surface area contributed by atoms with Crippen molar-refractivity contribution in [3.63, 3.8) is 0 Å². The maximum atomic E-state index is 13.0. The van der Waals surface area contributed by atoms with Crippen LogP contribution in [0.15, 0.2) is 54.6 Å². The van der Waals surface area contributed by atoms with Crippen LogP contribution >= 0.6 is 0 Å². The summed E-state index contributed by atoms with van der Waals surface area (Å²) in [5.74, 6) is 0.914. The average molecular weight is 319 g/mol. The van der Waals surface area contributed by atoms with Crippen molar-refractivity contribution in [1.29, 1.82) is 0 Å². The van der Waals surface area contributed by atoms with E-state index in [0.717, 1.165) is 48.1 Å². The van der Waals surface area contributed by atoms with E-state index >= 15 is 0 Å². The number of imidazole rings is 1. The first-order valence-corrected chi connectivity index (χ1v) is 8.55. The van der Waals surface area contributed by atoms with Crippen LogP contribution < -0.4 is 5.32 Å². The second kappa shape index (κ2) is 6.11. The third-order valence-electron chi connectivity index (χ3n) is 5.07. The van der Waals surface area contributed by atoms with Crippen molar-refractivity contribution < 1.29 is 4.79 Å². The zero-order valence-corrected chi connectivity index (χ0v) is 13.6. The number of H-pyrrole nitrogens is 1. The highest BCUT2D eigenvalue weighted by atomic mass is 16.2. The molecule has 1 amide bonds. The van der Waals surface area contributed by atoms with Gasteiger partial charge in [-0.05, 0) is 30.5 Å². The van der Waals surface area contributed by atoms with Crippen LogP contribution in [0.2, 0.25) is 0 Å². The third-order valence-corrected chi connectivity index (χ3v) is 5.07. The van der Waals surface area contributed by atoms with E-state index in [4.69, 9.17) is 0 Å². The van der Waals surface area contributed by atoms with Crippen LogP contribution in [-0.2, 0) is 16.8 Å². The van der Waals surface area contributed by atoms with E-state index in [1.54, 1.807) is 0 Å². The Labute approximate surface area is 141 Å². The van der Waals surface area contributed by atoms with Crippen LogP contribution in [0.25, 0.3) is 11.0 Å². The highest BCUT2D eigenvalue weighted by molar-refractivity contribution is 5.88. The lowest BCUT2D eigenvalue weighted by Gasteiger charge is -2.28. The van der Waals surface area contributed by atoms with Gasteiger partial charge in [-0.2, -0.15) is 0 Å². The average Bonchev–Trinajstić information content (AvgIpc) is 3.28. The summed E-state index contributed by atoms with van der Waals surface area (Å²) in [5, 5.41) is 3.11. The van der Waals surface area contributed by atoms with E-state index in [1.807, 2.05) is 42.5 Å². The lowest BCUT2D eigenvalue weighted by Crippen LogP contribution is -2.42. The van der Waals surface area contributed by atoms with Crippen molar-refractivity contribution in [3.8, 4) is 0 Å². The first-order chi connectivity index (χ1) is 11.8. The summed E-state index contributed by atoms with van der Waals surface area (Å²) < 4.78 is 0. The molecule has 1 fully saturated rings. The minimum absolute atomic E-state index is 0.117. The third kappa shape index (κ3) is 2.58. The Morgan fingerprint density at radius 1 is 1.04 bits per heavy atom. The molecule has 4 rings (SSSR count). The Balaban J connectivity index is 1.53. The number of carbonyl (C=O) groups is 1. The summed E-state index contributed by atoms with van der Waals surface area (Å²) in [7, 11) is 0. The van der Waals surface area contributed by atoms with Gasteiger partial charge in [-0.25, -0.2) is 4.98 Å². The maximum Gasteiger partial charge on any atom is 0.231 e. The first kappa shape index (κ1) is 14.9. The van der Waals surface area contributed by atoms with E-state index < -0.39 is 0 Å². The predicted octanol–water partition coefficient (Wildman–Crippen LogP) is 3.69. The van der Waals surface area contributed by atoms with Gasteiger partial charge < -0.3 is 10.3 Å². The minimum atomic E-state index is -0.382. The molecule has 0 radical (unpaired) electrons. The van der Waals surface area contributed by atoms with Gasteiger partial charge in [0.1, 0.15) is 5.82 Å². The number of benzene rings is 2. The van der Waals surface area contributed by atoms with Gasteiger partial charge in [-0.1, -0.05) is 55.3 Å². The van der Waals surface area contributed by atoms with E-state index in [-0.39, 0.29) is 11.3 Å². The Kier molecular flexibility index (Phi) is 3.81. The summed E-state index contributed by atoms with van der Waals surface area (Å²) in [5.41, 5.74) is 2.68. The fraction of sp³-hybridized carbons (Fsp3) is 0.300. The van der Waals surface area contributed by atoms with E-state index in [9.17, 15) is 4.79 Å². The van der Waals surface area contributed by atoms with Crippen molar-refractivity contribution in [2.45, 2.75) is 37.6 Å². The molecule has 2 N–H and O–H groups in total. The monoisotopic (exact) mass is 319 g/mol. The van der Waals surface area contributed by atoms with Crippen LogP contribution in [0, 0.1) is 0 Å². The SMILES string of the molecule is O=C(NCc1nc2ccccc2[nH]1)C1(c2ccccc2)CCCC1. The number of nitrogens with one attached hydrogen (secondary N) is 2. The quantitative estimate of drug-likeness (QED) is 0.770. The molecule has 0 atom stereocenters. The lowest BCUT2D eigenvalue weighted by atomic mass is 9.78. The summed E-state index contributed by atoms with van der Waals surface area (Å²) in [6.45, 7) is 0.433. The van der Waals surface area contributed by atoms with Gasteiger partial charge in [0.2, 0.25) is 5.91 Å². The largest absolute Gasteiger partial charge is 0.348 e. The standard InChI is InChI=1S/C20H21N3O/c24-19(20(12-6-7-13-20)15-8-2-1-3-9-15)21-14-18-22-16-10-4-5-11-17(16)23-18/h1-5,8-11H,6-7,12-14H2,(H,21,24)(H,22,23). The second-order valence-corrected chi connectivity index (χ2v) is 6.54. The van der Waals surface area contributed by atoms with Crippen LogP contribution in [-0.4, -0.2) is 15.9 Å². The van der Waals surface area contributed by atoms with Crippen LogP contribution in [0.4, 0.5) is 0 Å². The van der Waals surface area contributed by atoms with Crippen molar-refractivity contribution in [2.75, 3.05) is 0 Å². The minimum Gasteiger partial charge on any atom is -0.348 e. The summed E-state index contributed by atoms with van der Waals surface area (Å²) >= 11 is 0. The number of para-hydroxylation sites is 2.